The normalized spacial score (nSPS) is 14.3. The summed E-state index contributed by atoms with van der Waals surface area (Å²) in [6.45, 7) is 11.2. The first kappa shape index (κ1) is 26.1. The van der Waals surface area contributed by atoms with Gasteiger partial charge in [0.15, 0.2) is 5.69 Å². The lowest BCUT2D eigenvalue weighted by atomic mass is 9.77. The molecule has 0 rings (SSSR count). The molecule has 0 aromatic heterocycles. The minimum atomic E-state index is -3.12. The Hall–Kier alpha value is 1.05. The van der Waals surface area contributed by atoms with Gasteiger partial charge in [-0.2, -0.15) is 0 Å². The summed E-state index contributed by atoms with van der Waals surface area (Å²) >= 11 is 4.38. The van der Waals surface area contributed by atoms with E-state index >= 15 is 0 Å². The zero-order valence-electron chi connectivity index (χ0n) is 17.5. The van der Waals surface area contributed by atoms with Crippen molar-refractivity contribution >= 4 is 28.0 Å². The maximum atomic E-state index is 10.7. The molecule has 2 nitrogen and oxygen atoms in total. The second kappa shape index (κ2) is 14.1. The summed E-state index contributed by atoms with van der Waals surface area (Å²) in [4.78, 5) is 21.3. The number of hydrogen-bond acceptors (Lipinski definition) is 0. The molecule has 0 aromatic carbocycles. The Bertz CT molecular complexity index is 369. The van der Waals surface area contributed by atoms with E-state index in [0.29, 0.717) is 5.92 Å². The van der Waals surface area contributed by atoms with Gasteiger partial charge in [-0.15, -0.1) is 10.1 Å². The van der Waals surface area contributed by atoms with Gasteiger partial charge in [0.2, 0.25) is 0 Å². The second-order valence-electron chi connectivity index (χ2n) is 7.42. The third kappa shape index (κ3) is 8.73. The van der Waals surface area contributed by atoms with Crippen LogP contribution < -0.4 is 0 Å². The largest absolute Gasteiger partial charge is 0.341 e. The molecule has 0 heterocycles. The van der Waals surface area contributed by atoms with Crippen LogP contribution in [0.2, 0.25) is 0 Å². The van der Waals surface area contributed by atoms with Gasteiger partial charge in [0.1, 0.15) is 0 Å². The summed E-state index contributed by atoms with van der Waals surface area (Å²) in [6, 6.07) is 0. The minimum absolute atomic E-state index is 0.0735. The summed E-state index contributed by atoms with van der Waals surface area (Å²) in [5.74, 6) is 1.46. The van der Waals surface area contributed by atoms with E-state index < -0.39 is 15.8 Å². The van der Waals surface area contributed by atoms with E-state index in [4.69, 9.17) is 0 Å². The standard InChI is InChI=1S/C20H45O2PS2/c1-6-11-15-19(16-12-7-2)20(17-13-8-3,18-14-9-4)25(10-5)23(21,22)24/h19,21-22,24H,6-18H2,1-5H3. The Kier molecular flexibility index (Phi) is 14.7. The summed E-state index contributed by atoms with van der Waals surface area (Å²) in [5, 5.41) is 0. The first-order valence-electron chi connectivity index (χ1n) is 10.6. The van der Waals surface area contributed by atoms with Crippen LogP contribution in [-0.2, 0) is 10.1 Å². The lowest BCUT2D eigenvalue weighted by Gasteiger charge is -2.46. The maximum absolute atomic E-state index is 10.7. The Morgan fingerprint density at radius 3 is 1.48 bits per heavy atom. The fourth-order valence-corrected chi connectivity index (χ4v) is 13.0. The van der Waals surface area contributed by atoms with Crippen LogP contribution in [-0.4, -0.2) is 20.3 Å². The van der Waals surface area contributed by atoms with Gasteiger partial charge in [-0.1, -0.05) is 98.2 Å². The van der Waals surface area contributed by atoms with Gasteiger partial charge in [-0.25, -0.2) is 0 Å². The van der Waals surface area contributed by atoms with Gasteiger partial charge in [-0.05, 0) is 37.4 Å². The monoisotopic (exact) mass is 412 g/mol. The van der Waals surface area contributed by atoms with Gasteiger partial charge in [0, 0.05) is 4.75 Å². The molecule has 154 valence electrons. The molecule has 25 heavy (non-hydrogen) atoms. The SMILES string of the molecule is CCCCC(CCCC)C(CCCC)(CCCC)S(CC)=P(O)(O)S. The van der Waals surface area contributed by atoms with E-state index in [2.05, 4.69) is 46.9 Å². The van der Waals surface area contributed by atoms with E-state index in [9.17, 15) is 9.79 Å². The van der Waals surface area contributed by atoms with E-state index in [1.807, 2.05) is 0 Å². The zero-order valence-corrected chi connectivity index (χ0v) is 20.1. The van der Waals surface area contributed by atoms with Crippen LogP contribution in [0, 0.1) is 5.92 Å². The smallest absolute Gasteiger partial charge is 0.199 e. The molecular weight excluding hydrogens is 367 g/mol. The highest BCUT2D eigenvalue weighted by Crippen LogP contribution is 2.55. The molecule has 0 amide bonds. The van der Waals surface area contributed by atoms with Gasteiger partial charge >= 0.3 is 0 Å². The Morgan fingerprint density at radius 2 is 1.20 bits per heavy atom. The molecule has 2 N–H and O–H groups in total. The maximum Gasteiger partial charge on any atom is 0.199 e. The van der Waals surface area contributed by atoms with Crippen molar-refractivity contribution in [2.24, 2.45) is 5.92 Å². The first-order chi connectivity index (χ1) is 11.8. The topological polar surface area (TPSA) is 40.5 Å². The number of hydrogen-bond donors (Lipinski definition) is 3. The molecule has 0 radical (unpaired) electrons. The predicted molar refractivity (Wildman–Crippen MR) is 123 cm³/mol. The van der Waals surface area contributed by atoms with Crippen molar-refractivity contribution in [1.29, 1.82) is 0 Å². The fourth-order valence-electron chi connectivity index (χ4n) is 4.19. The highest BCUT2D eigenvalue weighted by atomic mass is 32.9. The molecule has 1 atom stereocenters. The van der Waals surface area contributed by atoms with Gasteiger partial charge < -0.3 is 9.79 Å². The van der Waals surface area contributed by atoms with Crippen molar-refractivity contribution < 1.29 is 9.79 Å². The Labute approximate surface area is 165 Å². The van der Waals surface area contributed by atoms with Gasteiger partial charge in [-0.3, -0.25) is 0 Å². The van der Waals surface area contributed by atoms with Crippen molar-refractivity contribution in [3.8, 4) is 0 Å². The third-order valence-electron chi connectivity index (χ3n) is 5.50. The quantitative estimate of drug-likeness (QED) is 0.195. The molecule has 0 aliphatic heterocycles. The highest BCUT2D eigenvalue weighted by molar-refractivity contribution is 8.66. The highest BCUT2D eigenvalue weighted by Gasteiger charge is 2.41. The van der Waals surface area contributed by atoms with Crippen LogP contribution in [0.3, 0.4) is 0 Å². The van der Waals surface area contributed by atoms with Crippen LogP contribution in [0.5, 0.6) is 0 Å². The van der Waals surface area contributed by atoms with Crippen molar-refractivity contribution in [3.63, 3.8) is 0 Å². The average Bonchev–Trinajstić information content (AvgIpc) is 2.56. The first-order valence-corrected chi connectivity index (χ1v) is 15.5. The van der Waals surface area contributed by atoms with Crippen molar-refractivity contribution in [3.05, 3.63) is 0 Å². The molecule has 0 aromatic rings. The number of rotatable bonds is 15. The molecule has 0 saturated heterocycles. The molecule has 0 bridgehead atoms. The molecule has 0 aliphatic carbocycles. The summed E-state index contributed by atoms with van der Waals surface area (Å²) < 4.78 is 0.0735. The molecule has 0 spiro atoms. The van der Waals surface area contributed by atoms with Crippen LogP contribution in [0.1, 0.15) is 112 Å². The minimum Gasteiger partial charge on any atom is -0.341 e. The number of unbranched alkanes of at least 4 members (excludes halogenated alkanes) is 4. The van der Waals surface area contributed by atoms with Crippen LogP contribution in [0.4, 0.5) is 0 Å². The molecule has 5 heteroatoms. The predicted octanol–water partition coefficient (Wildman–Crippen LogP) is 7.33. The summed E-state index contributed by atoms with van der Waals surface area (Å²) in [5.41, 5.74) is -3.12. The van der Waals surface area contributed by atoms with E-state index in [-0.39, 0.29) is 4.75 Å². The van der Waals surface area contributed by atoms with E-state index in [1.165, 1.54) is 64.2 Å². The summed E-state index contributed by atoms with van der Waals surface area (Å²) in [6.07, 6.45) is 14.4. The summed E-state index contributed by atoms with van der Waals surface area (Å²) in [7, 11) is -0.399. The zero-order chi connectivity index (χ0) is 19.3. The second-order valence-corrected chi connectivity index (χ2v) is 15.9. The van der Waals surface area contributed by atoms with E-state index in [0.717, 1.165) is 18.6 Å². The Morgan fingerprint density at radius 1 is 0.800 bits per heavy atom. The molecule has 1 unspecified atom stereocenters. The average molecular weight is 413 g/mol. The van der Waals surface area contributed by atoms with Gasteiger partial charge in [0.05, 0.1) is 0 Å². The van der Waals surface area contributed by atoms with Crippen molar-refractivity contribution in [2.75, 3.05) is 5.75 Å². The van der Waals surface area contributed by atoms with Gasteiger partial charge in [0.25, 0.3) is 0 Å². The van der Waals surface area contributed by atoms with Crippen LogP contribution in [0.15, 0.2) is 0 Å². The lowest BCUT2D eigenvalue weighted by Crippen LogP contribution is -2.43. The molecular formula is C20H45O2PS2. The third-order valence-corrected chi connectivity index (χ3v) is 13.7. The molecule has 0 saturated carbocycles. The molecule has 0 fully saturated rings. The fraction of sp³-hybridized carbons (Fsp3) is 1.00. The van der Waals surface area contributed by atoms with Crippen LogP contribution >= 0.6 is 17.9 Å². The lowest BCUT2D eigenvalue weighted by molar-refractivity contribution is 0.275. The van der Waals surface area contributed by atoms with E-state index in [1.54, 1.807) is 0 Å². The number of thiol groups is 1. The van der Waals surface area contributed by atoms with Crippen LogP contribution in [0.25, 0.3) is 0 Å². The van der Waals surface area contributed by atoms with Crippen molar-refractivity contribution in [2.45, 2.75) is 116 Å². The Balaban J connectivity index is 6.13. The van der Waals surface area contributed by atoms with Crippen molar-refractivity contribution in [1.82, 2.24) is 0 Å². The molecule has 0 aliphatic rings.